The Morgan fingerprint density at radius 2 is 2.12 bits per heavy atom. The molecule has 1 fully saturated rings. The Kier molecular flexibility index (Phi) is 6.01. The topological polar surface area (TPSA) is 32.8 Å². The van der Waals surface area contributed by atoms with E-state index in [2.05, 4.69) is 40.6 Å². The molecule has 0 aliphatic carbocycles. The van der Waals surface area contributed by atoms with Crippen LogP contribution in [0.3, 0.4) is 0 Å². The summed E-state index contributed by atoms with van der Waals surface area (Å²) in [6, 6.07) is 12.5. The van der Waals surface area contributed by atoms with Gasteiger partial charge in [-0.1, -0.05) is 30.3 Å². The maximum absolute atomic E-state index is 12.4. The molecule has 1 saturated heterocycles. The molecular formula is C19H24N2O2S. The molecule has 2 aromatic rings. The molecule has 2 heterocycles. The number of amides is 1. The van der Waals surface area contributed by atoms with Gasteiger partial charge in [0.1, 0.15) is 0 Å². The van der Waals surface area contributed by atoms with Crippen LogP contribution in [0.4, 0.5) is 0 Å². The number of carbonyl (C=O) groups excluding carboxylic acids is 1. The van der Waals surface area contributed by atoms with Crippen LogP contribution in [-0.2, 0) is 22.6 Å². The van der Waals surface area contributed by atoms with Gasteiger partial charge in [-0.05, 0) is 28.0 Å². The van der Waals surface area contributed by atoms with Gasteiger partial charge in [0, 0.05) is 33.2 Å². The molecule has 1 aliphatic rings. The Hall–Kier alpha value is -1.69. The van der Waals surface area contributed by atoms with Gasteiger partial charge in [0.25, 0.3) is 0 Å². The molecule has 128 valence electrons. The van der Waals surface area contributed by atoms with E-state index >= 15 is 0 Å². The summed E-state index contributed by atoms with van der Waals surface area (Å²) in [4.78, 5) is 16.6. The first kappa shape index (κ1) is 17.1. The van der Waals surface area contributed by atoms with Crippen LogP contribution in [0.25, 0.3) is 0 Å². The minimum Gasteiger partial charge on any atom is -0.375 e. The number of carbonyl (C=O) groups is 1. The lowest BCUT2D eigenvalue weighted by Crippen LogP contribution is -2.44. The molecule has 5 heteroatoms. The molecule has 0 bridgehead atoms. The summed E-state index contributed by atoms with van der Waals surface area (Å²) in [7, 11) is 1.87. The Bertz CT molecular complexity index is 630. The average molecular weight is 344 g/mol. The zero-order valence-electron chi connectivity index (χ0n) is 14.1. The van der Waals surface area contributed by atoms with Crippen LogP contribution in [-0.4, -0.2) is 48.6 Å². The molecule has 1 amide bonds. The molecule has 4 nitrogen and oxygen atoms in total. The predicted octanol–water partition coefficient (Wildman–Crippen LogP) is 3.00. The second-order valence-corrected chi connectivity index (χ2v) is 7.08. The smallest absolute Gasteiger partial charge is 0.225 e. The lowest BCUT2D eigenvalue weighted by molar-refractivity contribution is -0.135. The molecular weight excluding hydrogens is 320 g/mol. The van der Waals surface area contributed by atoms with E-state index in [4.69, 9.17) is 4.74 Å². The molecule has 24 heavy (non-hydrogen) atoms. The summed E-state index contributed by atoms with van der Waals surface area (Å²) in [5.41, 5.74) is 2.49. The highest BCUT2D eigenvalue weighted by molar-refractivity contribution is 7.07. The standard InChI is InChI=1S/C19H24N2O2S/c1-20(12-17-7-10-24-15-17)19(22)11-18-14-21(8-9-23-18)13-16-5-3-2-4-6-16/h2-7,10,15,18H,8-9,11-14H2,1H3/t18-/m0/s1. The minimum atomic E-state index is -0.0140. The average Bonchev–Trinajstić information content (AvgIpc) is 3.09. The lowest BCUT2D eigenvalue weighted by atomic mass is 10.1. The fraction of sp³-hybridized carbons (Fsp3) is 0.421. The van der Waals surface area contributed by atoms with Gasteiger partial charge < -0.3 is 9.64 Å². The van der Waals surface area contributed by atoms with Crippen molar-refractivity contribution in [3.05, 3.63) is 58.3 Å². The molecule has 0 spiro atoms. The number of hydrogen-bond donors (Lipinski definition) is 0. The van der Waals surface area contributed by atoms with Crippen LogP contribution in [0.1, 0.15) is 17.5 Å². The van der Waals surface area contributed by atoms with E-state index in [0.29, 0.717) is 19.6 Å². The first-order chi connectivity index (χ1) is 11.7. The second-order valence-electron chi connectivity index (χ2n) is 6.30. The van der Waals surface area contributed by atoms with Crippen LogP contribution in [0.5, 0.6) is 0 Å². The Morgan fingerprint density at radius 1 is 1.29 bits per heavy atom. The van der Waals surface area contributed by atoms with Gasteiger partial charge in [0.2, 0.25) is 5.91 Å². The van der Waals surface area contributed by atoms with E-state index in [-0.39, 0.29) is 12.0 Å². The lowest BCUT2D eigenvalue weighted by Gasteiger charge is -2.33. The van der Waals surface area contributed by atoms with Crippen molar-refractivity contribution < 1.29 is 9.53 Å². The zero-order valence-corrected chi connectivity index (χ0v) is 14.9. The second kappa shape index (κ2) is 8.42. The maximum atomic E-state index is 12.4. The summed E-state index contributed by atoms with van der Waals surface area (Å²) in [6.07, 6.45) is 0.436. The number of thiophene rings is 1. The van der Waals surface area contributed by atoms with Gasteiger partial charge in [0.05, 0.1) is 19.1 Å². The molecule has 1 aromatic heterocycles. The number of morpholine rings is 1. The number of nitrogens with zero attached hydrogens (tertiary/aromatic N) is 2. The zero-order chi connectivity index (χ0) is 16.8. The fourth-order valence-electron chi connectivity index (χ4n) is 2.98. The third kappa shape index (κ3) is 4.90. The van der Waals surface area contributed by atoms with Gasteiger partial charge >= 0.3 is 0 Å². The highest BCUT2D eigenvalue weighted by atomic mass is 32.1. The summed E-state index contributed by atoms with van der Waals surface area (Å²) in [5, 5.41) is 4.13. The van der Waals surface area contributed by atoms with Gasteiger partial charge in [-0.25, -0.2) is 0 Å². The monoisotopic (exact) mass is 344 g/mol. The molecule has 0 unspecified atom stereocenters. The van der Waals surface area contributed by atoms with Crippen molar-refractivity contribution in [3.8, 4) is 0 Å². The Balaban J connectivity index is 1.48. The summed E-state index contributed by atoms with van der Waals surface area (Å²) < 4.78 is 5.81. The molecule has 0 radical (unpaired) electrons. The van der Waals surface area contributed by atoms with Crippen molar-refractivity contribution in [1.82, 2.24) is 9.80 Å². The van der Waals surface area contributed by atoms with Gasteiger partial charge in [-0.2, -0.15) is 11.3 Å². The molecule has 0 N–H and O–H groups in total. The van der Waals surface area contributed by atoms with Crippen molar-refractivity contribution in [3.63, 3.8) is 0 Å². The van der Waals surface area contributed by atoms with Crippen molar-refractivity contribution in [1.29, 1.82) is 0 Å². The summed E-state index contributed by atoms with van der Waals surface area (Å²) in [6.45, 7) is 4.01. The summed E-state index contributed by atoms with van der Waals surface area (Å²) >= 11 is 1.66. The molecule has 3 rings (SSSR count). The summed E-state index contributed by atoms with van der Waals surface area (Å²) in [5.74, 6) is 0.146. The van der Waals surface area contributed by atoms with E-state index in [0.717, 1.165) is 19.6 Å². The number of benzene rings is 1. The van der Waals surface area contributed by atoms with E-state index in [1.165, 1.54) is 11.1 Å². The largest absolute Gasteiger partial charge is 0.375 e. The van der Waals surface area contributed by atoms with E-state index in [1.807, 2.05) is 18.5 Å². The minimum absolute atomic E-state index is 0.0140. The molecule has 1 atom stereocenters. The van der Waals surface area contributed by atoms with E-state index in [9.17, 15) is 4.79 Å². The maximum Gasteiger partial charge on any atom is 0.225 e. The van der Waals surface area contributed by atoms with Crippen molar-refractivity contribution in [2.75, 3.05) is 26.7 Å². The SMILES string of the molecule is CN(Cc1ccsc1)C(=O)C[C@H]1CN(Cc2ccccc2)CCO1. The Morgan fingerprint density at radius 3 is 2.88 bits per heavy atom. The Labute approximate surface area is 147 Å². The van der Waals surface area contributed by atoms with E-state index < -0.39 is 0 Å². The van der Waals surface area contributed by atoms with Gasteiger partial charge in [-0.15, -0.1) is 0 Å². The van der Waals surface area contributed by atoms with Crippen LogP contribution in [0, 0.1) is 0 Å². The molecule has 1 aliphatic heterocycles. The van der Waals surface area contributed by atoms with Crippen LogP contribution in [0.2, 0.25) is 0 Å². The first-order valence-electron chi connectivity index (χ1n) is 8.33. The highest BCUT2D eigenvalue weighted by Gasteiger charge is 2.24. The fourth-order valence-corrected chi connectivity index (χ4v) is 3.64. The highest BCUT2D eigenvalue weighted by Crippen LogP contribution is 2.15. The molecule has 0 saturated carbocycles. The third-order valence-electron chi connectivity index (χ3n) is 4.30. The third-order valence-corrected chi connectivity index (χ3v) is 5.03. The normalized spacial score (nSPS) is 18.5. The quantitative estimate of drug-likeness (QED) is 0.808. The van der Waals surface area contributed by atoms with Crippen molar-refractivity contribution in [2.24, 2.45) is 0 Å². The van der Waals surface area contributed by atoms with Crippen molar-refractivity contribution in [2.45, 2.75) is 25.6 Å². The first-order valence-corrected chi connectivity index (χ1v) is 9.28. The van der Waals surface area contributed by atoms with Crippen LogP contribution in [0.15, 0.2) is 47.2 Å². The number of ether oxygens (including phenoxy) is 1. The predicted molar refractivity (Wildman–Crippen MR) is 96.9 cm³/mol. The van der Waals surface area contributed by atoms with Gasteiger partial charge in [-0.3, -0.25) is 9.69 Å². The molecule has 1 aromatic carbocycles. The van der Waals surface area contributed by atoms with Gasteiger partial charge in [0.15, 0.2) is 0 Å². The van der Waals surface area contributed by atoms with E-state index in [1.54, 1.807) is 16.2 Å². The van der Waals surface area contributed by atoms with Crippen LogP contribution < -0.4 is 0 Å². The van der Waals surface area contributed by atoms with Crippen molar-refractivity contribution >= 4 is 17.2 Å². The van der Waals surface area contributed by atoms with Crippen LogP contribution >= 0.6 is 11.3 Å². The number of rotatable bonds is 6. The number of hydrogen-bond acceptors (Lipinski definition) is 4.